The molecule has 0 atom stereocenters. The van der Waals surface area contributed by atoms with Gasteiger partial charge >= 0.3 is 0 Å². The smallest absolute Gasteiger partial charge is 0.263 e. The van der Waals surface area contributed by atoms with Crippen LogP contribution in [0.4, 0.5) is 10.8 Å². The maximum absolute atomic E-state index is 12.2. The molecular formula is C17H17N7OS. The number of amides is 1. The van der Waals surface area contributed by atoms with E-state index in [1.54, 1.807) is 37.6 Å². The highest BCUT2D eigenvalue weighted by Gasteiger charge is 2.17. The van der Waals surface area contributed by atoms with Gasteiger partial charge in [-0.15, -0.1) is 11.3 Å². The Bertz CT molecular complexity index is 1080. The summed E-state index contributed by atoms with van der Waals surface area (Å²) < 4.78 is 1.95. The number of nitrogens with one attached hydrogen (secondary N) is 2. The lowest BCUT2D eigenvalue weighted by molar-refractivity contribution is 0.0831. The topological polar surface area (TPSA) is 91.2 Å². The fourth-order valence-electron chi connectivity index (χ4n) is 2.69. The van der Waals surface area contributed by atoms with Crippen LogP contribution in [0.1, 0.15) is 15.2 Å². The van der Waals surface area contributed by atoms with E-state index in [1.807, 2.05) is 29.8 Å². The zero-order valence-corrected chi connectivity index (χ0v) is 15.3. The molecule has 4 aromatic rings. The largest absolute Gasteiger partial charge is 0.344 e. The second kappa shape index (κ2) is 6.26. The Balaban J connectivity index is 1.71. The molecule has 0 bridgehead atoms. The van der Waals surface area contributed by atoms with Crippen LogP contribution in [0, 0.1) is 6.92 Å². The van der Waals surface area contributed by atoms with Crippen LogP contribution in [0.3, 0.4) is 0 Å². The summed E-state index contributed by atoms with van der Waals surface area (Å²) in [4.78, 5) is 23.4. The standard InChI is InChI=1S/C17H17N7OS/c1-10-6-13(26-14(10)17(25)23(2)3)22-15-16-19-9-12(11-7-20-21-8-11)24(16)5-4-18-15/h4-9H,1-3H3,(H,18,22)(H,20,21). The monoisotopic (exact) mass is 367 g/mol. The first kappa shape index (κ1) is 16.3. The highest BCUT2D eigenvalue weighted by molar-refractivity contribution is 7.18. The van der Waals surface area contributed by atoms with Gasteiger partial charge < -0.3 is 10.2 Å². The number of imidazole rings is 1. The van der Waals surface area contributed by atoms with Crippen molar-refractivity contribution >= 4 is 33.7 Å². The molecule has 0 aliphatic heterocycles. The van der Waals surface area contributed by atoms with Crippen LogP contribution in [0.2, 0.25) is 0 Å². The number of H-pyrrole nitrogens is 1. The Morgan fingerprint density at radius 2 is 2.15 bits per heavy atom. The number of thiophene rings is 1. The maximum Gasteiger partial charge on any atom is 0.263 e. The van der Waals surface area contributed by atoms with Crippen LogP contribution in [-0.2, 0) is 0 Å². The van der Waals surface area contributed by atoms with E-state index in [0.29, 0.717) is 16.3 Å². The van der Waals surface area contributed by atoms with Gasteiger partial charge in [0.05, 0.1) is 28.0 Å². The molecule has 0 fully saturated rings. The zero-order valence-electron chi connectivity index (χ0n) is 14.5. The molecule has 26 heavy (non-hydrogen) atoms. The second-order valence-corrected chi connectivity index (χ2v) is 7.10. The molecule has 0 radical (unpaired) electrons. The Hall–Kier alpha value is -3.20. The Morgan fingerprint density at radius 1 is 1.31 bits per heavy atom. The van der Waals surface area contributed by atoms with Gasteiger partial charge in [0.25, 0.3) is 5.91 Å². The summed E-state index contributed by atoms with van der Waals surface area (Å²) in [6.45, 7) is 1.93. The molecule has 4 heterocycles. The normalized spacial score (nSPS) is 11.0. The molecule has 0 unspecified atom stereocenters. The van der Waals surface area contributed by atoms with E-state index in [9.17, 15) is 4.79 Å². The molecule has 1 amide bonds. The summed E-state index contributed by atoms with van der Waals surface area (Å²) in [5.74, 6) is 0.627. The summed E-state index contributed by atoms with van der Waals surface area (Å²) in [5.41, 5.74) is 3.51. The van der Waals surface area contributed by atoms with Gasteiger partial charge in [-0.25, -0.2) is 9.97 Å². The summed E-state index contributed by atoms with van der Waals surface area (Å²) in [7, 11) is 3.50. The fourth-order valence-corrected chi connectivity index (χ4v) is 3.78. The third-order valence-electron chi connectivity index (χ3n) is 3.98. The number of rotatable bonds is 4. The number of hydrogen-bond donors (Lipinski definition) is 2. The van der Waals surface area contributed by atoms with Crippen molar-refractivity contribution in [2.24, 2.45) is 0 Å². The molecule has 132 valence electrons. The minimum atomic E-state index is -0.00484. The van der Waals surface area contributed by atoms with E-state index < -0.39 is 0 Å². The number of anilines is 2. The first-order chi connectivity index (χ1) is 12.5. The van der Waals surface area contributed by atoms with Gasteiger partial charge in [-0.2, -0.15) is 5.10 Å². The number of carbonyl (C=O) groups is 1. The van der Waals surface area contributed by atoms with Crippen LogP contribution in [0.15, 0.2) is 37.1 Å². The minimum absolute atomic E-state index is 0.00484. The molecule has 2 N–H and O–H groups in total. The van der Waals surface area contributed by atoms with Gasteiger partial charge in [0.2, 0.25) is 0 Å². The van der Waals surface area contributed by atoms with Gasteiger partial charge in [-0.3, -0.25) is 14.3 Å². The van der Waals surface area contributed by atoms with E-state index in [1.165, 1.54) is 11.3 Å². The van der Waals surface area contributed by atoms with Crippen molar-refractivity contribution in [3.05, 3.63) is 47.5 Å². The fraction of sp³-hybridized carbons (Fsp3) is 0.176. The van der Waals surface area contributed by atoms with Crippen molar-refractivity contribution in [1.29, 1.82) is 0 Å². The van der Waals surface area contributed by atoms with Crippen LogP contribution in [-0.4, -0.2) is 49.5 Å². The highest BCUT2D eigenvalue weighted by atomic mass is 32.1. The van der Waals surface area contributed by atoms with Crippen LogP contribution >= 0.6 is 11.3 Å². The molecule has 0 aliphatic rings. The summed E-state index contributed by atoms with van der Waals surface area (Å²) in [5, 5.41) is 10.9. The number of carbonyl (C=O) groups excluding carboxylic acids is 1. The average molecular weight is 367 g/mol. The van der Waals surface area contributed by atoms with Crippen molar-refractivity contribution in [1.82, 2.24) is 29.5 Å². The Kier molecular flexibility index (Phi) is 3.92. The van der Waals surface area contributed by atoms with E-state index >= 15 is 0 Å². The van der Waals surface area contributed by atoms with Crippen LogP contribution in [0.5, 0.6) is 0 Å². The number of aromatic amines is 1. The highest BCUT2D eigenvalue weighted by Crippen LogP contribution is 2.31. The van der Waals surface area contributed by atoms with Crippen molar-refractivity contribution < 1.29 is 4.79 Å². The lowest BCUT2D eigenvalue weighted by atomic mass is 10.2. The number of hydrogen-bond acceptors (Lipinski definition) is 6. The molecule has 4 aromatic heterocycles. The summed E-state index contributed by atoms with van der Waals surface area (Å²) in [6, 6.07) is 1.95. The van der Waals surface area contributed by atoms with E-state index in [0.717, 1.165) is 21.8 Å². The number of aromatic nitrogens is 5. The molecule has 4 rings (SSSR count). The zero-order chi connectivity index (χ0) is 18.3. The molecule has 0 spiro atoms. The third-order valence-corrected chi connectivity index (χ3v) is 5.12. The predicted molar refractivity (Wildman–Crippen MR) is 101 cm³/mol. The quantitative estimate of drug-likeness (QED) is 0.579. The average Bonchev–Trinajstić information content (AvgIpc) is 3.33. The van der Waals surface area contributed by atoms with Crippen molar-refractivity contribution in [3.63, 3.8) is 0 Å². The van der Waals surface area contributed by atoms with Crippen molar-refractivity contribution in [3.8, 4) is 11.3 Å². The Morgan fingerprint density at radius 3 is 2.88 bits per heavy atom. The van der Waals surface area contributed by atoms with Gasteiger partial charge in [-0.1, -0.05) is 0 Å². The van der Waals surface area contributed by atoms with Crippen molar-refractivity contribution in [2.45, 2.75) is 6.92 Å². The first-order valence-corrected chi connectivity index (χ1v) is 8.76. The lowest BCUT2D eigenvalue weighted by Crippen LogP contribution is -2.21. The summed E-state index contributed by atoms with van der Waals surface area (Å²) in [6.07, 6.45) is 8.93. The molecule has 0 aromatic carbocycles. The summed E-state index contributed by atoms with van der Waals surface area (Å²) >= 11 is 1.41. The molecule has 0 saturated heterocycles. The molecule has 0 aliphatic carbocycles. The number of fused-ring (bicyclic) bond motifs is 1. The predicted octanol–water partition coefficient (Wildman–Crippen LogP) is 2.93. The van der Waals surface area contributed by atoms with Crippen LogP contribution < -0.4 is 5.32 Å². The van der Waals surface area contributed by atoms with Gasteiger partial charge in [0.1, 0.15) is 0 Å². The SMILES string of the molecule is Cc1cc(Nc2nccn3c(-c4cn[nH]c4)cnc23)sc1C(=O)N(C)C. The molecule has 9 heteroatoms. The molecular weight excluding hydrogens is 350 g/mol. The number of nitrogens with zero attached hydrogens (tertiary/aromatic N) is 5. The molecule has 0 saturated carbocycles. The van der Waals surface area contributed by atoms with Gasteiger partial charge in [-0.05, 0) is 18.6 Å². The van der Waals surface area contributed by atoms with Crippen LogP contribution in [0.25, 0.3) is 16.9 Å². The van der Waals surface area contributed by atoms with Gasteiger partial charge in [0, 0.05) is 38.2 Å². The second-order valence-electron chi connectivity index (χ2n) is 6.05. The van der Waals surface area contributed by atoms with E-state index in [2.05, 4.69) is 25.5 Å². The molecule has 8 nitrogen and oxygen atoms in total. The van der Waals surface area contributed by atoms with Crippen molar-refractivity contribution in [2.75, 3.05) is 19.4 Å². The van der Waals surface area contributed by atoms with E-state index in [-0.39, 0.29) is 5.91 Å². The third kappa shape index (κ3) is 2.72. The van der Waals surface area contributed by atoms with Gasteiger partial charge in [0.15, 0.2) is 11.5 Å². The first-order valence-electron chi connectivity index (χ1n) is 7.95. The minimum Gasteiger partial charge on any atom is -0.344 e. The Labute approximate surface area is 153 Å². The lowest BCUT2D eigenvalue weighted by Gasteiger charge is -2.08. The maximum atomic E-state index is 12.2. The number of aryl methyl sites for hydroxylation is 1. The van der Waals surface area contributed by atoms with E-state index in [4.69, 9.17) is 0 Å².